The first-order valence-corrected chi connectivity index (χ1v) is 11.2. The lowest BCUT2D eigenvalue weighted by Crippen LogP contribution is -2.27. The molecule has 6 nitrogen and oxygen atoms in total. The summed E-state index contributed by atoms with van der Waals surface area (Å²) in [5, 5.41) is 11.3. The molecule has 32 heavy (non-hydrogen) atoms. The molecule has 11 heteroatoms. The van der Waals surface area contributed by atoms with Crippen molar-refractivity contribution in [2.75, 3.05) is 25.4 Å². The Morgan fingerprint density at radius 1 is 1.09 bits per heavy atom. The van der Waals surface area contributed by atoms with Crippen LogP contribution in [0.15, 0.2) is 33.9 Å². The summed E-state index contributed by atoms with van der Waals surface area (Å²) in [4.78, 5) is 2.41. The summed E-state index contributed by atoms with van der Waals surface area (Å²) in [6.45, 7) is 4.72. The van der Waals surface area contributed by atoms with Crippen LogP contribution in [0.2, 0.25) is 0 Å². The minimum absolute atomic E-state index is 0. The van der Waals surface area contributed by atoms with Crippen molar-refractivity contribution in [1.29, 1.82) is 0 Å². The fraction of sp³-hybridized carbons (Fsp3) is 0.476. The summed E-state index contributed by atoms with van der Waals surface area (Å²) in [6.07, 6.45) is -1.66. The predicted octanol–water partition coefficient (Wildman–Crippen LogP) is 4.80. The molecule has 3 aromatic rings. The first-order chi connectivity index (χ1) is 14.8. The quantitative estimate of drug-likeness (QED) is 0.367. The maximum absolute atomic E-state index is 12.8. The van der Waals surface area contributed by atoms with Gasteiger partial charge in [-0.3, -0.25) is 0 Å². The molecule has 1 aliphatic heterocycles. The van der Waals surface area contributed by atoms with Crippen LogP contribution in [0.3, 0.4) is 0 Å². The second-order valence-corrected chi connectivity index (χ2v) is 8.77. The fourth-order valence-corrected chi connectivity index (χ4v) is 4.63. The number of fused-ring (bicyclic) bond motifs is 1. The molecule has 0 saturated carbocycles. The summed E-state index contributed by atoms with van der Waals surface area (Å²) < 4.78 is 44.7. The number of benzene rings is 1. The second-order valence-electron chi connectivity index (χ2n) is 7.71. The standard InChI is InChI=1S/C21H24F3N5OS.ClH/c1-14-12-18(27-30-14)17-5-4-15-6-9-29(10-7-16(15)13-17)8-3-11-31-20-26-25-19(28(20)2)21(22,23)24;/h4-5,12-13H,3,6-11H2,1-2H3;1H. The van der Waals surface area contributed by atoms with Crippen molar-refractivity contribution in [3.05, 3.63) is 47.0 Å². The van der Waals surface area contributed by atoms with E-state index in [9.17, 15) is 13.2 Å². The maximum Gasteiger partial charge on any atom is 0.451 e. The third kappa shape index (κ3) is 5.65. The van der Waals surface area contributed by atoms with E-state index in [1.165, 1.54) is 29.9 Å². The molecule has 0 saturated heterocycles. The lowest BCUT2D eigenvalue weighted by atomic mass is 9.99. The van der Waals surface area contributed by atoms with Gasteiger partial charge in [0.05, 0.1) is 0 Å². The van der Waals surface area contributed by atoms with Gasteiger partial charge in [0, 0.05) is 37.5 Å². The smallest absolute Gasteiger partial charge is 0.361 e. The number of hydrogen-bond donors (Lipinski definition) is 0. The van der Waals surface area contributed by atoms with Crippen LogP contribution in [0, 0.1) is 6.92 Å². The van der Waals surface area contributed by atoms with Gasteiger partial charge in [0.15, 0.2) is 5.16 Å². The Labute approximate surface area is 195 Å². The fourth-order valence-electron chi connectivity index (χ4n) is 3.80. The third-order valence-electron chi connectivity index (χ3n) is 5.46. The molecule has 174 valence electrons. The van der Waals surface area contributed by atoms with E-state index in [1.807, 2.05) is 13.0 Å². The number of hydrogen-bond acceptors (Lipinski definition) is 6. The summed E-state index contributed by atoms with van der Waals surface area (Å²) >= 11 is 1.31. The molecule has 0 radical (unpaired) electrons. The molecule has 1 aliphatic rings. The third-order valence-corrected chi connectivity index (χ3v) is 6.57. The van der Waals surface area contributed by atoms with E-state index < -0.39 is 12.0 Å². The van der Waals surface area contributed by atoms with Crippen molar-refractivity contribution >= 4 is 24.2 Å². The average molecular weight is 488 g/mol. The Morgan fingerprint density at radius 2 is 1.84 bits per heavy atom. The minimum atomic E-state index is -4.48. The molecule has 0 N–H and O–H groups in total. The van der Waals surface area contributed by atoms with Gasteiger partial charge in [-0.2, -0.15) is 13.2 Å². The number of alkyl halides is 3. The number of aromatic nitrogens is 4. The van der Waals surface area contributed by atoms with Crippen molar-refractivity contribution in [2.24, 2.45) is 7.05 Å². The van der Waals surface area contributed by atoms with Gasteiger partial charge in [-0.25, -0.2) is 0 Å². The number of thioether (sulfide) groups is 1. The Morgan fingerprint density at radius 3 is 2.50 bits per heavy atom. The number of rotatable bonds is 6. The van der Waals surface area contributed by atoms with E-state index >= 15 is 0 Å². The highest BCUT2D eigenvalue weighted by molar-refractivity contribution is 7.99. The Bertz CT molecular complexity index is 1050. The van der Waals surface area contributed by atoms with Crippen molar-refractivity contribution in [2.45, 2.75) is 37.5 Å². The van der Waals surface area contributed by atoms with Crippen LogP contribution in [-0.2, 0) is 26.1 Å². The van der Waals surface area contributed by atoms with Crippen LogP contribution in [0.4, 0.5) is 13.2 Å². The first-order valence-electron chi connectivity index (χ1n) is 10.2. The maximum atomic E-state index is 12.8. The van der Waals surface area contributed by atoms with Gasteiger partial charge in [-0.1, -0.05) is 29.1 Å². The van der Waals surface area contributed by atoms with Crippen LogP contribution in [0.5, 0.6) is 0 Å². The lowest BCUT2D eigenvalue weighted by Gasteiger charge is -2.19. The molecule has 0 aliphatic carbocycles. The molecule has 0 fully saturated rings. The largest absolute Gasteiger partial charge is 0.451 e. The van der Waals surface area contributed by atoms with E-state index in [0.29, 0.717) is 10.9 Å². The van der Waals surface area contributed by atoms with Crippen LogP contribution in [0.1, 0.15) is 29.1 Å². The monoisotopic (exact) mass is 487 g/mol. The molecule has 0 unspecified atom stereocenters. The van der Waals surface area contributed by atoms with Gasteiger partial charge < -0.3 is 14.0 Å². The van der Waals surface area contributed by atoms with Crippen LogP contribution in [0.25, 0.3) is 11.3 Å². The minimum Gasteiger partial charge on any atom is -0.361 e. The van der Waals surface area contributed by atoms with Crippen molar-refractivity contribution in [3.63, 3.8) is 0 Å². The number of halogens is 4. The molecule has 0 bridgehead atoms. The van der Waals surface area contributed by atoms with Crippen LogP contribution >= 0.6 is 24.2 Å². The van der Waals surface area contributed by atoms with Crippen molar-refractivity contribution in [3.8, 4) is 11.3 Å². The molecule has 0 atom stereocenters. The van der Waals surface area contributed by atoms with Gasteiger partial charge in [0.2, 0.25) is 5.82 Å². The zero-order valence-electron chi connectivity index (χ0n) is 17.9. The average Bonchev–Trinajstić information content (AvgIpc) is 3.26. The zero-order valence-corrected chi connectivity index (χ0v) is 19.5. The van der Waals surface area contributed by atoms with E-state index in [-0.39, 0.29) is 12.4 Å². The number of aryl methyl sites for hydroxylation is 1. The van der Waals surface area contributed by atoms with Crippen molar-refractivity contribution in [1.82, 2.24) is 24.8 Å². The van der Waals surface area contributed by atoms with E-state index in [4.69, 9.17) is 4.52 Å². The normalized spacial score (nSPS) is 14.7. The van der Waals surface area contributed by atoms with Crippen LogP contribution < -0.4 is 0 Å². The topological polar surface area (TPSA) is 60.0 Å². The highest BCUT2D eigenvalue weighted by Crippen LogP contribution is 2.30. The highest BCUT2D eigenvalue weighted by Gasteiger charge is 2.37. The SMILES string of the molecule is Cc1cc(-c2ccc3c(c2)CCN(CCCSc2nnc(C(F)(F)F)n2C)CC3)no1.Cl. The Kier molecular flexibility index (Phi) is 7.89. The molecule has 0 spiro atoms. The molecule has 4 rings (SSSR count). The number of nitrogens with zero attached hydrogens (tertiary/aromatic N) is 5. The van der Waals surface area contributed by atoms with E-state index in [0.717, 1.165) is 60.5 Å². The Hall–Kier alpha value is -2.04. The molecule has 1 aromatic carbocycles. The molecular formula is C21H25ClF3N5OS. The van der Waals surface area contributed by atoms with Gasteiger partial charge in [-0.15, -0.1) is 22.6 Å². The van der Waals surface area contributed by atoms with E-state index in [1.54, 1.807) is 0 Å². The molecule has 2 aromatic heterocycles. The summed E-state index contributed by atoms with van der Waals surface area (Å²) in [6, 6.07) is 8.42. The van der Waals surface area contributed by atoms with E-state index in [2.05, 4.69) is 38.5 Å². The zero-order chi connectivity index (χ0) is 22.0. The summed E-state index contributed by atoms with van der Waals surface area (Å²) in [5.74, 6) is 0.536. The van der Waals surface area contributed by atoms with Gasteiger partial charge in [-0.05, 0) is 49.9 Å². The molecular weight excluding hydrogens is 463 g/mol. The molecule has 0 amide bonds. The first kappa shape index (κ1) is 24.6. The predicted molar refractivity (Wildman–Crippen MR) is 119 cm³/mol. The molecule has 3 heterocycles. The van der Waals surface area contributed by atoms with Gasteiger partial charge in [0.25, 0.3) is 0 Å². The highest BCUT2D eigenvalue weighted by atomic mass is 35.5. The van der Waals surface area contributed by atoms with Gasteiger partial charge in [0.1, 0.15) is 11.5 Å². The van der Waals surface area contributed by atoms with Crippen molar-refractivity contribution < 1.29 is 17.7 Å². The van der Waals surface area contributed by atoms with Gasteiger partial charge >= 0.3 is 6.18 Å². The van der Waals surface area contributed by atoms with Crippen LogP contribution in [-0.4, -0.2) is 50.2 Å². The lowest BCUT2D eigenvalue weighted by molar-refractivity contribution is -0.147. The second kappa shape index (κ2) is 10.3. The summed E-state index contributed by atoms with van der Waals surface area (Å²) in [7, 11) is 1.35. The Balaban J connectivity index is 0.00000289. The summed E-state index contributed by atoms with van der Waals surface area (Å²) in [5.41, 5.74) is 4.63.